The van der Waals surface area contributed by atoms with Gasteiger partial charge in [0.15, 0.2) is 0 Å². The van der Waals surface area contributed by atoms with Crippen LogP contribution in [0.3, 0.4) is 0 Å². The fourth-order valence-electron chi connectivity index (χ4n) is 1.45. The van der Waals surface area contributed by atoms with Crippen molar-refractivity contribution >= 4 is 15.9 Å². The summed E-state index contributed by atoms with van der Waals surface area (Å²) in [7, 11) is 0. The van der Waals surface area contributed by atoms with Gasteiger partial charge in [-0.25, -0.2) is 0 Å². The van der Waals surface area contributed by atoms with Gasteiger partial charge < -0.3 is 0 Å². The van der Waals surface area contributed by atoms with Crippen LogP contribution in [0, 0.1) is 6.92 Å². The molecule has 0 bridgehead atoms. The Morgan fingerprint density at radius 1 is 1.29 bits per heavy atom. The van der Waals surface area contributed by atoms with Crippen molar-refractivity contribution in [3.8, 4) is 11.3 Å². The topological polar surface area (TPSA) is 28.7 Å². The second kappa shape index (κ2) is 4.18. The van der Waals surface area contributed by atoms with Crippen molar-refractivity contribution in [2.75, 3.05) is 0 Å². The van der Waals surface area contributed by atoms with E-state index in [4.69, 9.17) is 0 Å². The summed E-state index contributed by atoms with van der Waals surface area (Å²) in [5, 5.41) is 6.68. The van der Waals surface area contributed by atoms with E-state index < -0.39 is 11.7 Å². The lowest BCUT2D eigenvalue weighted by Crippen LogP contribution is -2.04. The highest BCUT2D eigenvalue weighted by Crippen LogP contribution is 2.34. The van der Waals surface area contributed by atoms with Crippen molar-refractivity contribution in [3.63, 3.8) is 0 Å². The Balaban J connectivity index is 2.51. The molecule has 2 nitrogen and oxygen atoms in total. The van der Waals surface area contributed by atoms with Crippen LogP contribution < -0.4 is 0 Å². The van der Waals surface area contributed by atoms with E-state index in [-0.39, 0.29) is 0 Å². The lowest BCUT2D eigenvalue weighted by atomic mass is 10.1. The molecule has 0 aliphatic carbocycles. The smallest absolute Gasteiger partial charge is 0.281 e. The van der Waals surface area contributed by atoms with Gasteiger partial charge in [-0.15, -0.1) is 0 Å². The van der Waals surface area contributed by atoms with Crippen LogP contribution in [0.5, 0.6) is 0 Å². The maximum absolute atomic E-state index is 12.5. The molecule has 1 heterocycles. The molecule has 0 saturated carbocycles. The zero-order valence-electron chi connectivity index (χ0n) is 8.77. The molecule has 1 N–H and O–H groups in total. The highest BCUT2D eigenvalue weighted by molar-refractivity contribution is 9.10. The Labute approximate surface area is 104 Å². The van der Waals surface area contributed by atoms with Gasteiger partial charge in [-0.1, -0.05) is 12.1 Å². The van der Waals surface area contributed by atoms with Crippen LogP contribution in [0.25, 0.3) is 11.3 Å². The van der Waals surface area contributed by atoms with E-state index in [1.807, 2.05) is 0 Å². The van der Waals surface area contributed by atoms with E-state index in [1.165, 1.54) is 6.07 Å². The van der Waals surface area contributed by atoms with Crippen LogP contribution in [-0.4, -0.2) is 10.2 Å². The quantitative estimate of drug-likeness (QED) is 0.842. The van der Waals surface area contributed by atoms with E-state index in [0.717, 1.165) is 17.8 Å². The lowest BCUT2D eigenvalue weighted by Gasteiger charge is -2.07. The summed E-state index contributed by atoms with van der Waals surface area (Å²) in [6.07, 6.45) is -4.34. The van der Waals surface area contributed by atoms with Gasteiger partial charge in [-0.2, -0.15) is 18.3 Å². The predicted octanol–water partition coefficient (Wildman–Crippen LogP) is 4.17. The molecule has 2 rings (SSSR count). The summed E-state index contributed by atoms with van der Waals surface area (Å²) < 4.78 is 38.3. The van der Waals surface area contributed by atoms with Crippen molar-refractivity contribution in [2.45, 2.75) is 13.1 Å². The van der Waals surface area contributed by atoms with Crippen molar-refractivity contribution in [3.05, 3.63) is 40.0 Å². The minimum absolute atomic E-state index is 0.427. The van der Waals surface area contributed by atoms with Crippen LogP contribution in [0.15, 0.2) is 28.7 Å². The van der Waals surface area contributed by atoms with E-state index in [9.17, 15) is 13.2 Å². The van der Waals surface area contributed by atoms with Gasteiger partial charge in [0.05, 0.1) is 10.0 Å². The van der Waals surface area contributed by atoms with E-state index in [1.54, 1.807) is 13.0 Å². The van der Waals surface area contributed by atoms with Crippen molar-refractivity contribution < 1.29 is 13.2 Å². The monoisotopic (exact) mass is 304 g/mol. The lowest BCUT2D eigenvalue weighted by molar-refractivity contribution is -0.137. The number of alkyl halides is 3. The Kier molecular flexibility index (Phi) is 2.99. The highest BCUT2D eigenvalue weighted by Gasteiger charge is 2.30. The number of hydrogen-bond acceptors (Lipinski definition) is 1. The molecule has 0 aliphatic heterocycles. The Hall–Kier alpha value is -1.30. The highest BCUT2D eigenvalue weighted by atomic mass is 79.9. The van der Waals surface area contributed by atoms with Gasteiger partial charge in [0.1, 0.15) is 5.69 Å². The molecule has 1 aromatic heterocycles. The van der Waals surface area contributed by atoms with Crippen molar-refractivity contribution in [1.29, 1.82) is 0 Å². The van der Waals surface area contributed by atoms with Crippen LogP contribution in [0.2, 0.25) is 0 Å². The summed E-state index contributed by atoms with van der Waals surface area (Å²) >= 11 is 3.29. The number of benzene rings is 1. The zero-order chi connectivity index (χ0) is 12.6. The molecule has 0 aliphatic rings. The number of rotatable bonds is 1. The molecular weight excluding hydrogens is 297 g/mol. The summed E-state index contributed by atoms with van der Waals surface area (Å²) in [4.78, 5) is 0. The van der Waals surface area contributed by atoms with Crippen molar-refractivity contribution in [2.24, 2.45) is 0 Å². The predicted molar refractivity (Wildman–Crippen MR) is 61.5 cm³/mol. The third-order valence-corrected chi connectivity index (χ3v) is 3.31. The number of nitrogens with zero attached hydrogens (tertiary/aromatic N) is 1. The number of nitrogens with one attached hydrogen (secondary N) is 1. The molecule has 0 fully saturated rings. The minimum Gasteiger partial charge on any atom is -0.281 e. The second-order valence-electron chi connectivity index (χ2n) is 3.59. The largest absolute Gasteiger partial charge is 0.416 e. The molecule has 1 aromatic carbocycles. The van der Waals surface area contributed by atoms with Gasteiger partial charge in [-0.05, 0) is 35.0 Å². The molecule has 2 aromatic rings. The number of aromatic amines is 1. The number of H-pyrrole nitrogens is 1. The van der Waals surface area contributed by atoms with E-state index in [2.05, 4.69) is 26.1 Å². The first-order chi connectivity index (χ1) is 7.89. The molecule has 6 heteroatoms. The van der Waals surface area contributed by atoms with Gasteiger partial charge in [0, 0.05) is 11.3 Å². The van der Waals surface area contributed by atoms with E-state index >= 15 is 0 Å². The van der Waals surface area contributed by atoms with Gasteiger partial charge in [0.2, 0.25) is 0 Å². The van der Waals surface area contributed by atoms with E-state index in [0.29, 0.717) is 15.7 Å². The Morgan fingerprint density at radius 3 is 2.53 bits per heavy atom. The number of halogens is 4. The fraction of sp³-hybridized carbons (Fsp3) is 0.182. The average Bonchev–Trinajstić information content (AvgIpc) is 2.59. The molecule has 0 atom stereocenters. The fourth-order valence-corrected chi connectivity index (χ4v) is 1.86. The van der Waals surface area contributed by atoms with Crippen LogP contribution in [0.4, 0.5) is 13.2 Å². The third-order valence-electron chi connectivity index (χ3n) is 2.34. The Bertz CT molecular complexity index is 546. The molecule has 0 spiro atoms. The standard InChI is InChI=1S/C11H8BrF3N2/c1-6-9(12)10(17-16-6)7-3-2-4-8(5-7)11(13,14)15/h2-5H,1H3,(H,16,17). The first-order valence-corrected chi connectivity index (χ1v) is 5.57. The first-order valence-electron chi connectivity index (χ1n) is 4.77. The summed E-state index contributed by atoms with van der Waals surface area (Å²) in [5.74, 6) is 0. The summed E-state index contributed by atoms with van der Waals surface area (Å²) in [6.45, 7) is 1.79. The van der Waals surface area contributed by atoms with Gasteiger partial charge in [-0.3, -0.25) is 5.10 Å². The van der Waals surface area contributed by atoms with Crippen LogP contribution >= 0.6 is 15.9 Å². The molecule has 0 unspecified atom stereocenters. The van der Waals surface area contributed by atoms with Crippen LogP contribution in [0.1, 0.15) is 11.3 Å². The summed E-state index contributed by atoms with van der Waals surface area (Å²) in [6, 6.07) is 5.08. The van der Waals surface area contributed by atoms with Crippen molar-refractivity contribution in [1.82, 2.24) is 10.2 Å². The van der Waals surface area contributed by atoms with Crippen LogP contribution in [-0.2, 0) is 6.18 Å². The molecule has 0 radical (unpaired) electrons. The second-order valence-corrected chi connectivity index (χ2v) is 4.38. The third kappa shape index (κ3) is 2.36. The molecule has 90 valence electrons. The molecule has 0 saturated heterocycles. The summed E-state index contributed by atoms with van der Waals surface area (Å²) in [5.41, 5.74) is 1.00. The Morgan fingerprint density at radius 2 is 2.00 bits per heavy atom. The normalized spacial score (nSPS) is 11.8. The maximum Gasteiger partial charge on any atom is 0.416 e. The first kappa shape index (κ1) is 12.2. The molecule has 17 heavy (non-hydrogen) atoms. The number of aromatic nitrogens is 2. The maximum atomic E-state index is 12.5. The SMILES string of the molecule is Cc1[nH]nc(-c2cccc(C(F)(F)F)c2)c1Br. The molecular formula is C11H8BrF3N2. The van der Waals surface area contributed by atoms with Gasteiger partial charge >= 0.3 is 6.18 Å². The zero-order valence-corrected chi connectivity index (χ0v) is 10.4. The average molecular weight is 305 g/mol. The number of hydrogen-bond donors (Lipinski definition) is 1. The van der Waals surface area contributed by atoms with Gasteiger partial charge in [0.25, 0.3) is 0 Å². The number of aryl methyl sites for hydroxylation is 1. The molecule has 0 amide bonds. The minimum atomic E-state index is -4.34.